The van der Waals surface area contributed by atoms with Crippen molar-refractivity contribution in [2.75, 3.05) is 31.6 Å². The SMILES string of the molecule is CN1N=NC(CNC(=O)c2cnn3ccc(N4CCCC4)cc23)N1. The molecule has 0 radical (unpaired) electrons. The van der Waals surface area contributed by atoms with Crippen molar-refractivity contribution >= 4 is 17.1 Å². The minimum atomic E-state index is -0.235. The molecule has 2 aliphatic rings. The highest BCUT2D eigenvalue weighted by atomic mass is 16.1. The zero-order valence-corrected chi connectivity index (χ0v) is 13.5. The van der Waals surface area contributed by atoms with Gasteiger partial charge in [0.15, 0.2) is 6.17 Å². The zero-order valence-electron chi connectivity index (χ0n) is 13.5. The molecule has 24 heavy (non-hydrogen) atoms. The van der Waals surface area contributed by atoms with Gasteiger partial charge < -0.3 is 10.2 Å². The van der Waals surface area contributed by atoms with E-state index in [1.54, 1.807) is 17.8 Å². The number of nitrogens with zero attached hydrogens (tertiary/aromatic N) is 6. The summed E-state index contributed by atoms with van der Waals surface area (Å²) in [7, 11) is 1.76. The maximum absolute atomic E-state index is 12.5. The standard InChI is InChI=1S/C15H20N8O/c1-21-19-14(18-20-21)10-16-15(24)12-9-17-23-7-4-11(8-13(12)23)22-5-2-3-6-22/h4,7-9,14,19H,2-3,5-6,10H2,1H3,(H,16,24). The molecule has 9 heteroatoms. The third-order valence-corrected chi connectivity index (χ3v) is 4.34. The molecule has 1 atom stereocenters. The van der Waals surface area contributed by atoms with E-state index in [0.29, 0.717) is 12.1 Å². The number of anilines is 1. The molecule has 1 fully saturated rings. The number of rotatable bonds is 4. The molecule has 0 spiro atoms. The van der Waals surface area contributed by atoms with Gasteiger partial charge >= 0.3 is 0 Å². The molecule has 4 rings (SSSR count). The first-order valence-corrected chi connectivity index (χ1v) is 8.12. The number of fused-ring (bicyclic) bond motifs is 1. The fourth-order valence-electron chi connectivity index (χ4n) is 3.09. The third kappa shape index (κ3) is 2.78. The number of hydrogen-bond acceptors (Lipinski definition) is 7. The number of pyridine rings is 1. The summed E-state index contributed by atoms with van der Waals surface area (Å²) in [6.45, 7) is 2.51. The Hall–Kier alpha value is -2.68. The van der Waals surface area contributed by atoms with Gasteiger partial charge in [-0.1, -0.05) is 5.22 Å². The molecule has 1 amide bonds. The van der Waals surface area contributed by atoms with Crippen LogP contribution in [0.25, 0.3) is 5.52 Å². The Morgan fingerprint density at radius 3 is 3.00 bits per heavy atom. The lowest BCUT2D eigenvalue weighted by Gasteiger charge is -2.17. The summed E-state index contributed by atoms with van der Waals surface area (Å²) in [5, 5.41) is 16.5. The average molecular weight is 328 g/mol. The summed E-state index contributed by atoms with van der Waals surface area (Å²) in [6.07, 6.45) is 5.71. The molecule has 2 N–H and O–H groups in total. The van der Waals surface area contributed by atoms with Gasteiger partial charge in [-0.05, 0) is 25.0 Å². The molecular formula is C15H20N8O. The van der Waals surface area contributed by atoms with E-state index < -0.39 is 0 Å². The van der Waals surface area contributed by atoms with E-state index in [2.05, 4.69) is 31.1 Å². The number of amides is 1. The molecule has 1 saturated heterocycles. The van der Waals surface area contributed by atoms with Crippen molar-refractivity contribution in [3.8, 4) is 0 Å². The van der Waals surface area contributed by atoms with E-state index in [9.17, 15) is 4.79 Å². The van der Waals surface area contributed by atoms with Crippen molar-refractivity contribution < 1.29 is 4.79 Å². The van der Waals surface area contributed by atoms with E-state index in [4.69, 9.17) is 0 Å². The van der Waals surface area contributed by atoms with Gasteiger partial charge in [-0.15, -0.1) is 5.11 Å². The highest BCUT2D eigenvalue weighted by molar-refractivity contribution is 6.01. The topological polar surface area (TPSA) is 89.6 Å². The molecular weight excluding hydrogens is 308 g/mol. The zero-order chi connectivity index (χ0) is 16.5. The Kier molecular flexibility index (Phi) is 3.77. The number of hydrogen-bond donors (Lipinski definition) is 2. The Bertz CT molecular complexity index is 779. The van der Waals surface area contributed by atoms with Crippen LogP contribution in [-0.4, -0.2) is 53.5 Å². The smallest absolute Gasteiger partial charge is 0.255 e. The van der Waals surface area contributed by atoms with E-state index in [1.807, 2.05) is 18.3 Å². The summed E-state index contributed by atoms with van der Waals surface area (Å²) < 4.78 is 1.73. The van der Waals surface area contributed by atoms with E-state index in [1.165, 1.54) is 18.0 Å². The molecule has 9 nitrogen and oxygen atoms in total. The Balaban J connectivity index is 1.51. The molecule has 1 unspecified atom stereocenters. The number of aromatic nitrogens is 2. The molecule has 0 aliphatic carbocycles. The summed E-state index contributed by atoms with van der Waals surface area (Å²) in [6, 6.07) is 4.08. The highest BCUT2D eigenvalue weighted by Crippen LogP contribution is 2.23. The van der Waals surface area contributed by atoms with Crippen LogP contribution < -0.4 is 15.6 Å². The average Bonchev–Trinajstić information content (AvgIpc) is 3.32. The van der Waals surface area contributed by atoms with Crippen molar-refractivity contribution in [3.63, 3.8) is 0 Å². The van der Waals surface area contributed by atoms with Crippen LogP contribution in [-0.2, 0) is 0 Å². The first-order valence-electron chi connectivity index (χ1n) is 8.12. The van der Waals surface area contributed by atoms with Gasteiger partial charge in [0.1, 0.15) is 0 Å². The molecule has 0 bridgehead atoms. The fraction of sp³-hybridized carbons (Fsp3) is 0.467. The predicted octanol–water partition coefficient (Wildman–Crippen LogP) is 0.808. The monoisotopic (exact) mass is 328 g/mol. The highest BCUT2D eigenvalue weighted by Gasteiger charge is 2.19. The summed E-state index contributed by atoms with van der Waals surface area (Å²) in [4.78, 5) is 14.8. The van der Waals surface area contributed by atoms with Crippen LogP contribution in [0, 0.1) is 0 Å². The molecule has 0 aromatic carbocycles. The molecule has 0 saturated carbocycles. The van der Waals surface area contributed by atoms with Crippen LogP contribution in [0.15, 0.2) is 34.9 Å². The van der Waals surface area contributed by atoms with Gasteiger partial charge in [0.25, 0.3) is 5.91 Å². The summed E-state index contributed by atoms with van der Waals surface area (Å²) in [5.74, 6) is -0.157. The Morgan fingerprint density at radius 1 is 1.42 bits per heavy atom. The minimum Gasteiger partial charge on any atom is -0.371 e. The maximum Gasteiger partial charge on any atom is 0.255 e. The van der Waals surface area contributed by atoms with Gasteiger partial charge in [-0.3, -0.25) is 4.79 Å². The molecule has 2 aromatic rings. The lowest BCUT2D eigenvalue weighted by atomic mass is 10.2. The Labute approximate surface area is 139 Å². The van der Waals surface area contributed by atoms with Gasteiger partial charge in [0.05, 0.1) is 23.8 Å². The van der Waals surface area contributed by atoms with Crippen LogP contribution in [0.4, 0.5) is 5.69 Å². The summed E-state index contributed by atoms with van der Waals surface area (Å²) in [5.41, 5.74) is 5.52. The lowest BCUT2D eigenvalue weighted by Crippen LogP contribution is -2.41. The van der Waals surface area contributed by atoms with Crippen LogP contribution in [0.2, 0.25) is 0 Å². The van der Waals surface area contributed by atoms with Gasteiger partial charge in [0.2, 0.25) is 0 Å². The van der Waals surface area contributed by atoms with Gasteiger partial charge in [0, 0.05) is 32.0 Å². The van der Waals surface area contributed by atoms with Crippen LogP contribution >= 0.6 is 0 Å². The number of nitrogens with one attached hydrogen (secondary N) is 2. The maximum atomic E-state index is 12.5. The van der Waals surface area contributed by atoms with Gasteiger partial charge in [-0.25, -0.2) is 9.63 Å². The Morgan fingerprint density at radius 2 is 2.25 bits per heavy atom. The van der Waals surface area contributed by atoms with Crippen LogP contribution in [0.5, 0.6) is 0 Å². The normalized spacial score (nSPS) is 20.3. The van der Waals surface area contributed by atoms with Crippen molar-refractivity contribution in [2.45, 2.75) is 19.0 Å². The molecule has 126 valence electrons. The molecule has 4 heterocycles. The molecule has 2 aliphatic heterocycles. The second-order valence-electron chi connectivity index (χ2n) is 6.05. The van der Waals surface area contributed by atoms with Crippen molar-refractivity contribution in [1.29, 1.82) is 0 Å². The lowest BCUT2D eigenvalue weighted by molar-refractivity contribution is 0.0949. The van der Waals surface area contributed by atoms with Crippen LogP contribution in [0.1, 0.15) is 23.2 Å². The molecule has 2 aromatic heterocycles. The minimum absolute atomic E-state index is 0.157. The second-order valence-corrected chi connectivity index (χ2v) is 6.05. The first-order chi connectivity index (χ1) is 11.7. The van der Waals surface area contributed by atoms with Crippen molar-refractivity contribution in [3.05, 3.63) is 30.1 Å². The van der Waals surface area contributed by atoms with Crippen molar-refractivity contribution in [1.82, 2.24) is 25.5 Å². The predicted molar refractivity (Wildman–Crippen MR) is 88.5 cm³/mol. The third-order valence-electron chi connectivity index (χ3n) is 4.34. The number of hydrazine groups is 1. The number of carbonyl (C=O) groups is 1. The number of carbonyl (C=O) groups excluding carboxylic acids is 1. The fourth-order valence-corrected chi connectivity index (χ4v) is 3.09. The van der Waals surface area contributed by atoms with Crippen LogP contribution in [0.3, 0.4) is 0 Å². The van der Waals surface area contributed by atoms with Crippen molar-refractivity contribution in [2.24, 2.45) is 10.3 Å². The summed E-state index contributed by atoms with van der Waals surface area (Å²) >= 11 is 0. The second kappa shape index (κ2) is 6.08. The van der Waals surface area contributed by atoms with E-state index in [0.717, 1.165) is 24.3 Å². The largest absolute Gasteiger partial charge is 0.371 e. The van der Waals surface area contributed by atoms with E-state index in [-0.39, 0.29) is 12.1 Å². The van der Waals surface area contributed by atoms with Gasteiger partial charge in [-0.2, -0.15) is 10.5 Å². The van der Waals surface area contributed by atoms with E-state index >= 15 is 0 Å². The quantitative estimate of drug-likeness (QED) is 0.867. The first kappa shape index (κ1) is 14.9.